The van der Waals surface area contributed by atoms with Crippen molar-refractivity contribution in [1.82, 2.24) is 25.0 Å². The molecule has 17 heteroatoms. The first-order chi connectivity index (χ1) is 19.7. The van der Waals surface area contributed by atoms with E-state index < -0.39 is 29.2 Å². The number of pyridine rings is 1. The van der Waals surface area contributed by atoms with Crippen LogP contribution < -0.4 is 21.4 Å². The molecule has 7 N–H and O–H groups in total. The predicted octanol–water partition coefficient (Wildman–Crippen LogP) is -0.760. The number of amides is 2. The van der Waals surface area contributed by atoms with E-state index in [1.807, 2.05) is 6.07 Å². The Morgan fingerprint density at radius 2 is 2.17 bits per heavy atom. The number of hydrogen-bond acceptors (Lipinski definition) is 12. The molecule has 3 aromatic rings. The molecule has 2 aliphatic rings. The van der Waals surface area contributed by atoms with Crippen molar-refractivity contribution in [2.24, 2.45) is 5.16 Å². The quantitative estimate of drug-likeness (QED) is 0.0844. The van der Waals surface area contributed by atoms with Gasteiger partial charge in [0.05, 0.1) is 18.7 Å². The second-order valence-electron chi connectivity index (χ2n) is 8.98. The summed E-state index contributed by atoms with van der Waals surface area (Å²) in [5, 5.41) is 31.2. The number of nitrogens with one attached hydrogen (secondary N) is 1. The van der Waals surface area contributed by atoms with Gasteiger partial charge in [0, 0.05) is 28.8 Å². The molecule has 0 bridgehead atoms. The molecule has 3 aromatic heterocycles. The van der Waals surface area contributed by atoms with Gasteiger partial charge in [0.2, 0.25) is 0 Å². The molecule has 5 rings (SSSR count). The number of oxime groups is 1. The van der Waals surface area contributed by atoms with Crippen LogP contribution in [0, 0.1) is 0 Å². The molecule has 41 heavy (non-hydrogen) atoms. The standard InChI is InChI=1S/C24H25N9O6S2/c1-39-30-17(15-11-41-24(26)27-15)20(35)28-18-21(36)33-19(23(37)38)13(10-40-22(18)33)9-31-4-2-3-12(8-31)14-7-16(25)32(29-14)5-6-34/h2-4,7-8,11,18,22,34H,5-6,9-10H2,1H3,(H5-,25,26,27,28,29,35,37,38)/p+1/b30-17-/t18-,22-/m1/s1. The molecular weight excluding hydrogens is 574 g/mol. The topological polar surface area (TPSA) is 215 Å². The van der Waals surface area contributed by atoms with Gasteiger partial charge in [-0.05, 0) is 6.07 Å². The van der Waals surface area contributed by atoms with Crippen LogP contribution in [0.2, 0.25) is 0 Å². The highest BCUT2D eigenvalue weighted by molar-refractivity contribution is 8.00. The number of thiazole rings is 1. The fourth-order valence-electron chi connectivity index (χ4n) is 4.54. The zero-order valence-electron chi connectivity index (χ0n) is 21.6. The van der Waals surface area contributed by atoms with E-state index in [0.717, 1.165) is 16.9 Å². The molecule has 0 unspecified atom stereocenters. The van der Waals surface area contributed by atoms with Gasteiger partial charge in [-0.2, -0.15) is 5.10 Å². The highest BCUT2D eigenvalue weighted by atomic mass is 32.2. The van der Waals surface area contributed by atoms with E-state index >= 15 is 0 Å². The molecule has 1 fully saturated rings. The smallest absolute Gasteiger partial charge is 0.352 e. The maximum Gasteiger partial charge on any atom is 0.352 e. The molecule has 1 saturated heterocycles. The number of aromatic nitrogens is 4. The van der Waals surface area contributed by atoms with Crippen LogP contribution in [-0.4, -0.2) is 84.3 Å². The van der Waals surface area contributed by atoms with Crippen molar-refractivity contribution < 1.29 is 34.0 Å². The number of carboxylic acids is 1. The Labute approximate surface area is 241 Å². The van der Waals surface area contributed by atoms with Crippen molar-refractivity contribution in [3.8, 4) is 11.3 Å². The van der Waals surface area contributed by atoms with Crippen LogP contribution >= 0.6 is 23.1 Å². The molecule has 214 valence electrons. The number of anilines is 2. The molecule has 5 heterocycles. The molecule has 0 aliphatic carbocycles. The maximum atomic E-state index is 13.1. The van der Waals surface area contributed by atoms with Crippen LogP contribution in [0.1, 0.15) is 5.69 Å². The van der Waals surface area contributed by atoms with Gasteiger partial charge in [0.1, 0.15) is 41.4 Å². The zero-order chi connectivity index (χ0) is 29.3. The van der Waals surface area contributed by atoms with E-state index in [-0.39, 0.29) is 41.9 Å². The molecule has 0 radical (unpaired) electrons. The number of aliphatic hydroxyl groups is 1. The van der Waals surface area contributed by atoms with Gasteiger partial charge in [-0.25, -0.2) is 19.0 Å². The van der Waals surface area contributed by atoms with Crippen LogP contribution in [0.25, 0.3) is 11.3 Å². The van der Waals surface area contributed by atoms with Crippen molar-refractivity contribution in [3.63, 3.8) is 0 Å². The Hall–Kier alpha value is -4.48. The van der Waals surface area contributed by atoms with Crippen molar-refractivity contribution in [3.05, 3.63) is 52.9 Å². The summed E-state index contributed by atoms with van der Waals surface area (Å²) in [6, 6.07) is 4.37. The highest BCUT2D eigenvalue weighted by Crippen LogP contribution is 2.40. The molecule has 15 nitrogen and oxygen atoms in total. The third kappa shape index (κ3) is 5.46. The number of β-lactam (4-membered cyclic amide) rings is 1. The van der Waals surface area contributed by atoms with Crippen molar-refractivity contribution in [2.75, 3.05) is 30.9 Å². The van der Waals surface area contributed by atoms with Crippen LogP contribution in [0.15, 0.2) is 52.4 Å². The molecule has 0 spiro atoms. The van der Waals surface area contributed by atoms with Crippen LogP contribution in [0.3, 0.4) is 0 Å². The molecule has 2 aliphatic heterocycles. The lowest BCUT2D eigenvalue weighted by atomic mass is 10.0. The largest absolute Gasteiger partial charge is 0.477 e. The SMILES string of the molecule is CO/N=C(\C(=O)N[C@@H]1C(=O)N2C(C(=O)O)=C(C[n+]3cccc(-c4cc(N)n(CCO)n4)c3)CS[C@H]12)c1csc(N)n1. The second-order valence-corrected chi connectivity index (χ2v) is 11.0. The second kappa shape index (κ2) is 11.6. The zero-order valence-corrected chi connectivity index (χ0v) is 23.3. The summed E-state index contributed by atoms with van der Waals surface area (Å²) in [7, 11) is 1.27. The molecule has 2 amide bonds. The normalized spacial score (nSPS) is 18.6. The van der Waals surface area contributed by atoms with E-state index in [0.29, 0.717) is 22.8 Å². The summed E-state index contributed by atoms with van der Waals surface area (Å²) in [4.78, 5) is 48.4. The fourth-order valence-corrected chi connectivity index (χ4v) is 6.43. The number of carbonyl (C=O) groups excluding carboxylic acids is 2. The Balaban J connectivity index is 1.34. The third-order valence-electron chi connectivity index (χ3n) is 6.35. The summed E-state index contributed by atoms with van der Waals surface area (Å²) in [6.45, 7) is 0.365. The van der Waals surface area contributed by atoms with Crippen molar-refractivity contribution in [1.29, 1.82) is 0 Å². The maximum absolute atomic E-state index is 13.1. The number of nitrogen functional groups attached to an aromatic ring is 2. The van der Waals surface area contributed by atoms with Gasteiger partial charge in [-0.1, -0.05) is 5.16 Å². The average Bonchev–Trinajstić information content (AvgIpc) is 3.55. The summed E-state index contributed by atoms with van der Waals surface area (Å²) >= 11 is 2.47. The number of rotatable bonds is 10. The lowest BCUT2D eigenvalue weighted by Crippen LogP contribution is -2.71. The number of nitrogens with two attached hydrogens (primary N) is 2. The predicted molar refractivity (Wildman–Crippen MR) is 149 cm³/mol. The minimum atomic E-state index is -1.24. The van der Waals surface area contributed by atoms with Crippen LogP contribution in [0.4, 0.5) is 10.9 Å². The molecular formula is C24H26N9O6S2+. The summed E-state index contributed by atoms with van der Waals surface area (Å²) < 4.78 is 3.29. The first-order valence-electron chi connectivity index (χ1n) is 12.2. The third-order valence-corrected chi connectivity index (χ3v) is 8.36. The average molecular weight is 601 g/mol. The van der Waals surface area contributed by atoms with Gasteiger partial charge < -0.3 is 31.8 Å². The van der Waals surface area contributed by atoms with Crippen molar-refractivity contribution >= 4 is 57.5 Å². The first kappa shape index (κ1) is 28.1. The Morgan fingerprint density at radius 3 is 2.85 bits per heavy atom. The van der Waals surface area contributed by atoms with E-state index in [4.69, 9.17) is 16.3 Å². The number of aliphatic carboxylic acids is 1. The number of carbonyl (C=O) groups is 3. The Morgan fingerprint density at radius 1 is 1.37 bits per heavy atom. The number of thioether (sulfide) groups is 1. The lowest BCUT2D eigenvalue weighted by Gasteiger charge is -2.49. The van der Waals surface area contributed by atoms with Gasteiger partial charge in [0.15, 0.2) is 29.8 Å². The van der Waals surface area contributed by atoms with E-state index in [1.165, 1.54) is 33.8 Å². The number of nitrogens with zero attached hydrogens (tertiary/aromatic N) is 6. The highest BCUT2D eigenvalue weighted by Gasteiger charge is 2.54. The number of hydrogen-bond donors (Lipinski definition) is 5. The summed E-state index contributed by atoms with van der Waals surface area (Å²) in [6.07, 6.45) is 3.58. The van der Waals surface area contributed by atoms with Crippen LogP contribution in [0.5, 0.6) is 0 Å². The fraction of sp³-hybridized carbons (Fsp3) is 0.292. The van der Waals surface area contributed by atoms with Gasteiger partial charge in [0.25, 0.3) is 11.8 Å². The minimum absolute atomic E-state index is 0.104. The van der Waals surface area contributed by atoms with Gasteiger partial charge in [-0.3, -0.25) is 14.5 Å². The van der Waals surface area contributed by atoms with E-state index in [9.17, 15) is 24.6 Å². The Bertz CT molecular complexity index is 1580. The molecule has 0 saturated carbocycles. The molecule has 0 aromatic carbocycles. The van der Waals surface area contributed by atoms with Gasteiger partial charge in [-0.15, -0.1) is 23.1 Å². The van der Waals surface area contributed by atoms with Crippen molar-refractivity contribution in [2.45, 2.75) is 24.5 Å². The van der Waals surface area contributed by atoms with E-state index in [2.05, 4.69) is 20.6 Å². The minimum Gasteiger partial charge on any atom is -0.477 e. The summed E-state index contributed by atoms with van der Waals surface area (Å²) in [5.41, 5.74) is 13.4. The lowest BCUT2D eigenvalue weighted by molar-refractivity contribution is -0.688. The molecule has 2 atom stereocenters. The summed E-state index contributed by atoms with van der Waals surface area (Å²) in [5.74, 6) is -1.76. The first-order valence-corrected chi connectivity index (χ1v) is 14.1. The monoisotopic (exact) mass is 600 g/mol. The Kier molecular flexibility index (Phi) is 7.91. The van der Waals surface area contributed by atoms with Gasteiger partial charge >= 0.3 is 5.97 Å². The number of aliphatic hydroxyl groups excluding tert-OH is 1. The number of fused-ring (bicyclic) bond motifs is 1. The van der Waals surface area contributed by atoms with E-state index in [1.54, 1.807) is 29.1 Å². The number of carboxylic acid groups (broad SMARTS) is 1. The van der Waals surface area contributed by atoms with Crippen LogP contribution in [-0.2, 0) is 32.3 Å².